The Morgan fingerprint density at radius 3 is 1.75 bits per heavy atom. The molecule has 20 heavy (non-hydrogen) atoms. The Hall–Kier alpha value is -1.15. The third kappa shape index (κ3) is 3.49. The average Bonchev–Trinajstić information content (AvgIpc) is 2.38. The zero-order chi connectivity index (χ0) is 15.6. The first kappa shape index (κ1) is 16.9. The van der Waals surface area contributed by atoms with Crippen LogP contribution in [0.1, 0.15) is 64.4 Å². The van der Waals surface area contributed by atoms with Crippen molar-refractivity contribution in [2.45, 2.75) is 59.4 Å². The number of benzene rings is 1. The molecule has 112 valence electrons. The van der Waals surface area contributed by atoms with Crippen molar-refractivity contribution in [3.8, 4) is 0 Å². The maximum atomic E-state index is 12.7. The van der Waals surface area contributed by atoms with E-state index in [1.807, 2.05) is 26.0 Å². The third-order valence-electron chi connectivity index (χ3n) is 4.12. The molecule has 0 aromatic heterocycles. The second-order valence-corrected chi connectivity index (χ2v) is 6.89. The topological polar surface area (TPSA) is 20.3 Å². The first-order valence-electron chi connectivity index (χ1n) is 7.55. The van der Waals surface area contributed by atoms with Gasteiger partial charge in [0.1, 0.15) is 0 Å². The second-order valence-electron chi connectivity index (χ2n) is 6.89. The van der Waals surface area contributed by atoms with Crippen molar-refractivity contribution in [2.75, 3.05) is 13.1 Å². The zero-order valence-electron chi connectivity index (χ0n) is 14.1. The summed E-state index contributed by atoms with van der Waals surface area (Å²) >= 11 is 0. The molecule has 0 aliphatic heterocycles. The molecule has 2 nitrogen and oxygen atoms in total. The number of nitrogens with zero attached hydrogens (tertiary/aromatic N) is 1. The average molecular weight is 275 g/mol. The van der Waals surface area contributed by atoms with Crippen molar-refractivity contribution in [3.63, 3.8) is 0 Å². The summed E-state index contributed by atoms with van der Waals surface area (Å²) < 4.78 is 0. The Bertz CT molecular complexity index is 447. The number of hydrogen-bond donors (Lipinski definition) is 0. The molecule has 0 heterocycles. The number of ketones is 1. The van der Waals surface area contributed by atoms with Crippen LogP contribution in [0.15, 0.2) is 24.3 Å². The van der Waals surface area contributed by atoms with E-state index in [-0.39, 0.29) is 11.2 Å². The molecule has 0 atom stereocenters. The summed E-state index contributed by atoms with van der Waals surface area (Å²) in [6, 6.07) is 8.08. The van der Waals surface area contributed by atoms with E-state index in [0.717, 1.165) is 18.7 Å². The van der Waals surface area contributed by atoms with Crippen LogP contribution < -0.4 is 0 Å². The number of hydrogen-bond acceptors (Lipinski definition) is 2. The summed E-state index contributed by atoms with van der Waals surface area (Å²) in [5.41, 5.74) is 1.73. The minimum absolute atomic E-state index is 0.121. The van der Waals surface area contributed by atoms with E-state index in [4.69, 9.17) is 0 Å². The molecule has 1 aromatic rings. The van der Waals surface area contributed by atoms with Crippen molar-refractivity contribution >= 4 is 5.78 Å². The van der Waals surface area contributed by atoms with Gasteiger partial charge in [-0.1, -0.05) is 58.9 Å². The van der Waals surface area contributed by atoms with Crippen LogP contribution in [0.3, 0.4) is 0 Å². The number of likely N-dealkylation sites (N-methyl/N-ethyl adjacent to an activating group) is 1. The van der Waals surface area contributed by atoms with Gasteiger partial charge >= 0.3 is 0 Å². The van der Waals surface area contributed by atoms with Gasteiger partial charge in [0.05, 0.1) is 5.54 Å². The van der Waals surface area contributed by atoms with Gasteiger partial charge in [-0.05, 0) is 37.9 Å². The van der Waals surface area contributed by atoms with Gasteiger partial charge in [-0.25, -0.2) is 0 Å². The molecule has 0 bridgehead atoms. The van der Waals surface area contributed by atoms with Crippen LogP contribution in [-0.2, 0) is 5.41 Å². The fraction of sp³-hybridized carbons (Fsp3) is 0.611. The number of carbonyl (C=O) groups excluding carboxylic acids is 1. The summed E-state index contributed by atoms with van der Waals surface area (Å²) in [6.45, 7) is 16.5. The van der Waals surface area contributed by atoms with Crippen molar-refractivity contribution in [1.82, 2.24) is 4.90 Å². The highest BCUT2D eigenvalue weighted by Gasteiger charge is 2.33. The van der Waals surface area contributed by atoms with Crippen molar-refractivity contribution < 1.29 is 4.79 Å². The van der Waals surface area contributed by atoms with Gasteiger partial charge in [-0.2, -0.15) is 0 Å². The molecular weight excluding hydrogens is 246 g/mol. The van der Waals surface area contributed by atoms with Gasteiger partial charge in [0.15, 0.2) is 5.78 Å². The SMILES string of the molecule is CCN(CC)C(C)(C)C(=O)c1ccc(C(C)(C)C)cc1. The fourth-order valence-corrected chi connectivity index (χ4v) is 2.63. The molecule has 0 spiro atoms. The highest BCUT2D eigenvalue weighted by molar-refractivity contribution is 6.02. The smallest absolute Gasteiger partial charge is 0.182 e. The Labute approximate surface area is 124 Å². The van der Waals surface area contributed by atoms with Gasteiger partial charge < -0.3 is 0 Å². The maximum Gasteiger partial charge on any atom is 0.182 e. The first-order valence-corrected chi connectivity index (χ1v) is 7.55. The van der Waals surface area contributed by atoms with Crippen LogP contribution in [0.5, 0.6) is 0 Å². The van der Waals surface area contributed by atoms with E-state index in [9.17, 15) is 4.79 Å². The van der Waals surface area contributed by atoms with Gasteiger partial charge in [-0.3, -0.25) is 9.69 Å². The third-order valence-corrected chi connectivity index (χ3v) is 4.12. The van der Waals surface area contributed by atoms with Crippen molar-refractivity contribution in [3.05, 3.63) is 35.4 Å². The lowest BCUT2D eigenvalue weighted by molar-refractivity contribution is 0.0668. The summed E-state index contributed by atoms with van der Waals surface area (Å²) in [6.07, 6.45) is 0. The van der Waals surface area contributed by atoms with Gasteiger partial charge in [-0.15, -0.1) is 0 Å². The lowest BCUT2D eigenvalue weighted by Crippen LogP contribution is -2.49. The molecule has 0 aliphatic rings. The van der Waals surface area contributed by atoms with Gasteiger partial charge in [0.2, 0.25) is 0 Å². The Morgan fingerprint density at radius 1 is 0.950 bits per heavy atom. The van der Waals surface area contributed by atoms with Crippen LogP contribution in [0, 0.1) is 0 Å². The molecule has 0 saturated carbocycles. The molecule has 0 radical (unpaired) electrons. The molecule has 0 aliphatic carbocycles. The Kier molecular flexibility index (Phi) is 5.15. The van der Waals surface area contributed by atoms with Crippen LogP contribution in [0.4, 0.5) is 0 Å². The fourth-order valence-electron chi connectivity index (χ4n) is 2.63. The van der Waals surface area contributed by atoms with E-state index >= 15 is 0 Å². The molecule has 0 fully saturated rings. The normalized spacial score (nSPS) is 12.8. The van der Waals surface area contributed by atoms with Crippen LogP contribution in [-0.4, -0.2) is 29.3 Å². The number of Topliss-reactive ketones (excluding diaryl/α,β-unsaturated/α-hetero) is 1. The van der Waals surface area contributed by atoms with E-state index < -0.39 is 5.54 Å². The predicted octanol–water partition coefficient (Wildman–Crippen LogP) is 4.29. The minimum Gasteiger partial charge on any atom is -0.292 e. The molecule has 2 heteroatoms. The molecule has 0 saturated heterocycles. The number of rotatable bonds is 5. The highest BCUT2D eigenvalue weighted by Crippen LogP contribution is 2.25. The summed E-state index contributed by atoms with van der Waals surface area (Å²) in [5.74, 6) is 0.196. The lowest BCUT2D eigenvalue weighted by atomic mass is 9.85. The van der Waals surface area contributed by atoms with Crippen LogP contribution in [0.25, 0.3) is 0 Å². The molecule has 0 N–H and O–H groups in total. The molecule has 0 unspecified atom stereocenters. The molecular formula is C18H29NO. The molecule has 1 aromatic carbocycles. The standard InChI is InChI=1S/C18H29NO/c1-8-19(9-2)18(6,7)16(20)14-10-12-15(13-11-14)17(3,4)5/h10-13H,8-9H2,1-7H3. The monoisotopic (exact) mass is 275 g/mol. The molecule has 0 amide bonds. The minimum atomic E-state index is -0.452. The number of carbonyl (C=O) groups is 1. The van der Waals surface area contributed by atoms with Crippen LogP contribution in [0.2, 0.25) is 0 Å². The summed E-state index contributed by atoms with van der Waals surface area (Å²) in [7, 11) is 0. The van der Waals surface area contributed by atoms with Gasteiger partial charge in [0.25, 0.3) is 0 Å². The zero-order valence-corrected chi connectivity index (χ0v) is 14.1. The van der Waals surface area contributed by atoms with E-state index in [0.29, 0.717) is 0 Å². The molecule has 1 rings (SSSR count). The van der Waals surface area contributed by atoms with E-state index in [2.05, 4.69) is 51.7 Å². The predicted molar refractivity (Wildman–Crippen MR) is 86.5 cm³/mol. The lowest BCUT2D eigenvalue weighted by Gasteiger charge is -2.35. The summed E-state index contributed by atoms with van der Waals surface area (Å²) in [5, 5.41) is 0. The van der Waals surface area contributed by atoms with Crippen LogP contribution >= 0.6 is 0 Å². The summed E-state index contributed by atoms with van der Waals surface area (Å²) in [4.78, 5) is 14.9. The largest absolute Gasteiger partial charge is 0.292 e. The highest BCUT2D eigenvalue weighted by atomic mass is 16.1. The van der Waals surface area contributed by atoms with Crippen molar-refractivity contribution in [2.24, 2.45) is 0 Å². The Balaban J connectivity index is 3.04. The van der Waals surface area contributed by atoms with E-state index in [1.54, 1.807) is 0 Å². The Morgan fingerprint density at radius 2 is 1.40 bits per heavy atom. The first-order chi connectivity index (χ1) is 9.14. The quantitative estimate of drug-likeness (QED) is 0.747. The van der Waals surface area contributed by atoms with Gasteiger partial charge in [0, 0.05) is 5.56 Å². The maximum absolute atomic E-state index is 12.7. The second kappa shape index (κ2) is 6.09. The van der Waals surface area contributed by atoms with Crippen molar-refractivity contribution in [1.29, 1.82) is 0 Å². The van der Waals surface area contributed by atoms with E-state index in [1.165, 1.54) is 5.56 Å².